The Labute approximate surface area is 152 Å². The Hall–Kier alpha value is -2.01. The van der Waals surface area contributed by atoms with E-state index in [9.17, 15) is 4.79 Å². The second-order valence-corrected chi connectivity index (χ2v) is 7.55. The summed E-state index contributed by atoms with van der Waals surface area (Å²) in [5, 5.41) is 0. The van der Waals surface area contributed by atoms with Gasteiger partial charge in [-0.1, -0.05) is 12.1 Å². The Bertz CT molecular complexity index is 738. The first kappa shape index (κ1) is 16.5. The SMILES string of the molecule is CSc1ccccc1C(=O)N1C2CCC1CC(Oc1cccnc1)C2. The van der Waals surface area contributed by atoms with Gasteiger partial charge in [0.05, 0.1) is 11.8 Å². The van der Waals surface area contributed by atoms with E-state index in [2.05, 4.69) is 9.88 Å². The van der Waals surface area contributed by atoms with E-state index in [-0.39, 0.29) is 24.1 Å². The van der Waals surface area contributed by atoms with Crippen LogP contribution in [0.5, 0.6) is 5.75 Å². The number of carbonyl (C=O) groups is 1. The lowest BCUT2D eigenvalue weighted by atomic mass is 9.98. The van der Waals surface area contributed by atoms with Crippen LogP contribution in [0.4, 0.5) is 0 Å². The highest BCUT2D eigenvalue weighted by Crippen LogP contribution is 2.39. The van der Waals surface area contributed by atoms with Gasteiger partial charge in [0.1, 0.15) is 11.9 Å². The zero-order valence-electron chi connectivity index (χ0n) is 14.3. The Morgan fingerprint density at radius 1 is 1.16 bits per heavy atom. The van der Waals surface area contributed by atoms with Crippen LogP contribution in [0.2, 0.25) is 0 Å². The normalized spacial score (nSPS) is 25.0. The summed E-state index contributed by atoms with van der Waals surface area (Å²) >= 11 is 1.63. The molecule has 0 aliphatic carbocycles. The summed E-state index contributed by atoms with van der Waals surface area (Å²) in [6.07, 6.45) is 9.65. The Morgan fingerprint density at radius 2 is 1.92 bits per heavy atom. The van der Waals surface area contributed by atoms with Gasteiger partial charge in [0.15, 0.2) is 0 Å². The molecule has 1 aromatic carbocycles. The number of piperidine rings is 1. The van der Waals surface area contributed by atoms with E-state index in [1.165, 1.54) is 0 Å². The van der Waals surface area contributed by atoms with E-state index in [0.29, 0.717) is 0 Å². The van der Waals surface area contributed by atoms with Crippen molar-refractivity contribution in [2.45, 2.75) is 48.8 Å². The van der Waals surface area contributed by atoms with Crippen LogP contribution in [0.15, 0.2) is 53.7 Å². The van der Waals surface area contributed by atoms with Gasteiger partial charge in [0.25, 0.3) is 5.91 Å². The highest BCUT2D eigenvalue weighted by Gasteiger charge is 2.44. The van der Waals surface area contributed by atoms with Gasteiger partial charge in [-0.3, -0.25) is 9.78 Å². The van der Waals surface area contributed by atoms with Crippen LogP contribution in [0.1, 0.15) is 36.0 Å². The van der Waals surface area contributed by atoms with E-state index < -0.39 is 0 Å². The minimum absolute atomic E-state index is 0.168. The zero-order valence-corrected chi connectivity index (χ0v) is 15.1. The molecule has 0 N–H and O–H groups in total. The third kappa shape index (κ3) is 3.25. The van der Waals surface area contributed by atoms with E-state index >= 15 is 0 Å². The smallest absolute Gasteiger partial charge is 0.255 e. The monoisotopic (exact) mass is 354 g/mol. The van der Waals surface area contributed by atoms with Crippen molar-refractivity contribution in [3.63, 3.8) is 0 Å². The fourth-order valence-corrected chi connectivity index (χ4v) is 4.71. The van der Waals surface area contributed by atoms with Crippen molar-refractivity contribution in [3.05, 3.63) is 54.4 Å². The number of rotatable bonds is 4. The lowest BCUT2D eigenvalue weighted by molar-refractivity contribution is 0.0355. The molecule has 4 nitrogen and oxygen atoms in total. The quantitative estimate of drug-likeness (QED) is 0.778. The molecule has 2 fully saturated rings. The number of thioether (sulfide) groups is 1. The molecule has 2 bridgehead atoms. The van der Waals surface area contributed by atoms with Crippen molar-refractivity contribution in [1.82, 2.24) is 9.88 Å². The van der Waals surface area contributed by atoms with Crippen LogP contribution in [0, 0.1) is 0 Å². The van der Waals surface area contributed by atoms with Gasteiger partial charge in [0.2, 0.25) is 0 Å². The van der Waals surface area contributed by atoms with Crippen molar-refractivity contribution < 1.29 is 9.53 Å². The fraction of sp³-hybridized carbons (Fsp3) is 0.400. The first-order chi connectivity index (χ1) is 12.3. The number of amides is 1. The fourth-order valence-electron chi connectivity index (χ4n) is 4.12. The second kappa shape index (κ2) is 7.08. The summed E-state index contributed by atoms with van der Waals surface area (Å²) in [6.45, 7) is 0. The van der Waals surface area contributed by atoms with Crippen LogP contribution < -0.4 is 4.74 Å². The Balaban J connectivity index is 1.50. The third-order valence-corrected chi connectivity index (χ3v) is 5.99. The minimum atomic E-state index is 0.168. The molecule has 1 amide bonds. The predicted octanol–water partition coefficient (Wildman–Crippen LogP) is 4.02. The third-order valence-electron chi connectivity index (χ3n) is 5.20. The molecule has 0 saturated carbocycles. The molecule has 2 aromatic rings. The van der Waals surface area contributed by atoms with Crippen molar-refractivity contribution in [2.75, 3.05) is 6.26 Å². The first-order valence-electron chi connectivity index (χ1n) is 8.78. The van der Waals surface area contributed by atoms with E-state index in [1.807, 2.05) is 42.7 Å². The predicted molar refractivity (Wildman–Crippen MR) is 99.1 cm³/mol. The number of hydrogen-bond acceptors (Lipinski definition) is 4. The van der Waals surface area contributed by atoms with Crippen molar-refractivity contribution >= 4 is 17.7 Å². The first-order valence-corrected chi connectivity index (χ1v) is 10.0. The summed E-state index contributed by atoms with van der Waals surface area (Å²) in [4.78, 5) is 20.5. The van der Waals surface area contributed by atoms with Crippen molar-refractivity contribution in [3.8, 4) is 5.75 Å². The molecule has 2 atom stereocenters. The topological polar surface area (TPSA) is 42.4 Å². The molecule has 3 heterocycles. The lowest BCUT2D eigenvalue weighted by Crippen LogP contribution is -2.49. The van der Waals surface area contributed by atoms with E-state index in [4.69, 9.17) is 4.74 Å². The molecule has 2 aliphatic rings. The van der Waals surface area contributed by atoms with Gasteiger partial charge < -0.3 is 9.64 Å². The molecule has 0 spiro atoms. The van der Waals surface area contributed by atoms with E-state index in [0.717, 1.165) is 41.9 Å². The van der Waals surface area contributed by atoms with Crippen LogP contribution >= 0.6 is 11.8 Å². The number of hydrogen-bond donors (Lipinski definition) is 0. The molecule has 2 saturated heterocycles. The largest absolute Gasteiger partial charge is 0.489 e. The molecular weight excluding hydrogens is 332 g/mol. The summed E-state index contributed by atoms with van der Waals surface area (Å²) in [6, 6.07) is 12.3. The lowest BCUT2D eigenvalue weighted by Gasteiger charge is -2.39. The Morgan fingerprint density at radius 3 is 2.60 bits per heavy atom. The average Bonchev–Trinajstić information content (AvgIpc) is 2.92. The second-order valence-electron chi connectivity index (χ2n) is 6.70. The van der Waals surface area contributed by atoms with Gasteiger partial charge in [0, 0.05) is 36.0 Å². The summed E-state index contributed by atoms with van der Waals surface area (Å²) < 4.78 is 6.11. The maximum absolute atomic E-state index is 13.2. The van der Waals surface area contributed by atoms with Gasteiger partial charge in [-0.15, -0.1) is 11.8 Å². The molecule has 5 heteroatoms. The molecule has 4 rings (SSSR count). The number of fused-ring (bicyclic) bond motifs is 2. The molecule has 130 valence electrons. The van der Waals surface area contributed by atoms with E-state index in [1.54, 1.807) is 24.2 Å². The van der Waals surface area contributed by atoms with Gasteiger partial charge in [-0.05, 0) is 43.4 Å². The Kier molecular flexibility index (Phi) is 4.66. The maximum atomic E-state index is 13.2. The average molecular weight is 354 g/mol. The number of benzene rings is 1. The van der Waals surface area contributed by atoms with Crippen molar-refractivity contribution in [2.24, 2.45) is 0 Å². The number of aromatic nitrogens is 1. The number of pyridine rings is 1. The molecule has 1 aromatic heterocycles. The highest BCUT2D eigenvalue weighted by molar-refractivity contribution is 7.98. The summed E-state index contributed by atoms with van der Waals surface area (Å²) in [7, 11) is 0. The summed E-state index contributed by atoms with van der Waals surface area (Å²) in [5.41, 5.74) is 0.832. The van der Waals surface area contributed by atoms with Crippen LogP contribution in [0.3, 0.4) is 0 Å². The number of carbonyl (C=O) groups excluding carboxylic acids is 1. The van der Waals surface area contributed by atoms with Gasteiger partial charge in [-0.2, -0.15) is 0 Å². The van der Waals surface area contributed by atoms with Crippen LogP contribution in [0.25, 0.3) is 0 Å². The minimum Gasteiger partial charge on any atom is -0.489 e. The standard InChI is InChI=1S/C20H22N2O2S/c1-25-19-7-3-2-6-18(19)20(23)22-14-8-9-15(22)12-17(11-14)24-16-5-4-10-21-13-16/h2-7,10,13-15,17H,8-9,11-12H2,1H3. The van der Waals surface area contributed by atoms with Gasteiger partial charge >= 0.3 is 0 Å². The highest BCUT2D eigenvalue weighted by atomic mass is 32.2. The summed E-state index contributed by atoms with van der Waals surface area (Å²) in [5.74, 6) is 0.997. The number of ether oxygens (including phenoxy) is 1. The van der Waals surface area contributed by atoms with Crippen LogP contribution in [-0.4, -0.2) is 40.2 Å². The van der Waals surface area contributed by atoms with Crippen LogP contribution in [-0.2, 0) is 0 Å². The molecular formula is C20H22N2O2S. The molecule has 2 unspecified atom stereocenters. The van der Waals surface area contributed by atoms with Gasteiger partial charge in [-0.25, -0.2) is 0 Å². The molecule has 25 heavy (non-hydrogen) atoms. The molecule has 0 radical (unpaired) electrons. The maximum Gasteiger partial charge on any atom is 0.255 e. The number of nitrogens with zero attached hydrogens (tertiary/aromatic N) is 2. The van der Waals surface area contributed by atoms with Crippen molar-refractivity contribution in [1.29, 1.82) is 0 Å². The molecule has 2 aliphatic heterocycles. The zero-order chi connectivity index (χ0) is 17.2.